The molecule has 0 fully saturated rings. The Balaban J connectivity index is 1.83. The fraction of sp³-hybridized carbons (Fsp3) is 0.150. The number of amides is 1. The number of hydrogen-bond donors (Lipinski definition) is 3. The molecule has 1 heterocycles. The van der Waals surface area contributed by atoms with E-state index >= 15 is 0 Å². The van der Waals surface area contributed by atoms with Gasteiger partial charge in [0.15, 0.2) is 0 Å². The molecule has 0 radical (unpaired) electrons. The van der Waals surface area contributed by atoms with E-state index in [1.54, 1.807) is 31.3 Å². The molecule has 7 nitrogen and oxygen atoms in total. The lowest BCUT2D eigenvalue weighted by Crippen LogP contribution is -2.12. The van der Waals surface area contributed by atoms with Crippen LogP contribution in [0.2, 0.25) is 0 Å². The zero-order chi connectivity index (χ0) is 19.9. The average molecular weight is 396 g/mol. The van der Waals surface area contributed by atoms with Crippen molar-refractivity contribution in [1.29, 1.82) is 0 Å². The number of hydrazone groups is 1. The van der Waals surface area contributed by atoms with Gasteiger partial charge in [0.05, 0.1) is 12.8 Å². The first kappa shape index (κ1) is 19.4. The maximum Gasteiger partial charge on any atom is 0.412 e. The first-order valence-corrected chi connectivity index (χ1v) is 9.46. The van der Waals surface area contributed by atoms with Crippen LogP contribution in [0.25, 0.3) is 11.3 Å². The number of rotatable bonds is 6. The molecule has 28 heavy (non-hydrogen) atoms. The zero-order valence-electron chi connectivity index (χ0n) is 15.5. The van der Waals surface area contributed by atoms with E-state index in [2.05, 4.69) is 20.8 Å². The van der Waals surface area contributed by atoms with Crippen LogP contribution < -0.4 is 10.7 Å². The van der Waals surface area contributed by atoms with Crippen LogP contribution in [-0.4, -0.2) is 29.0 Å². The van der Waals surface area contributed by atoms with Crippen molar-refractivity contribution in [2.45, 2.75) is 13.8 Å². The Morgan fingerprint density at radius 2 is 2.07 bits per heavy atom. The number of anilines is 2. The number of nitrogens with zero attached hydrogens (tertiary/aromatic N) is 2. The molecule has 1 aromatic heterocycles. The van der Waals surface area contributed by atoms with Gasteiger partial charge in [0.25, 0.3) is 0 Å². The molecular weight excluding hydrogens is 376 g/mol. The van der Waals surface area contributed by atoms with Gasteiger partial charge in [0, 0.05) is 5.56 Å². The minimum absolute atomic E-state index is 0.167. The van der Waals surface area contributed by atoms with Crippen LogP contribution in [0.1, 0.15) is 18.1 Å². The Bertz CT molecular complexity index is 983. The number of aryl methyl sites for hydroxylation is 1. The summed E-state index contributed by atoms with van der Waals surface area (Å²) in [5.74, 6) is 0.167. The van der Waals surface area contributed by atoms with E-state index in [0.29, 0.717) is 15.8 Å². The summed E-state index contributed by atoms with van der Waals surface area (Å²) < 4.78 is 4.97. The molecular formula is C20H20N4O3S. The molecule has 1 amide bonds. The maximum absolute atomic E-state index is 11.9. The number of benzene rings is 2. The molecule has 0 saturated carbocycles. The summed E-state index contributed by atoms with van der Waals surface area (Å²) in [5.41, 5.74) is 6.24. The summed E-state index contributed by atoms with van der Waals surface area (Å²) in [6.07, 6.45) is 1.04. The zero-order valence-corrected chi connectivity index (χ0v) is 16.3. The molecule has 0 aliphatic rings. The number of aromatic nitrogens is 1. The van der Waals surface area contributed by atoms with Gasteiger partial charge in [-0.3, -0.25) is 10.7 Å². The first-order valence-electron chi connectivity index (χ1n) is 8.65. The first-order chi connectivity index (χ1) is 13.5. The summed E-state index contributed by atoms with van der Waals surface area (Å²) in [4.78, 5) is 16.4. The van der Waals surface area contributed by atoms with Crippen molar-refractivity contribution in [2.24, 2.45) is 5.10 Å². The molecule has 144 valence electrons. The number of nitrogens with one attached hydrogen (secondary N) is 2. The van der Waals surface area contributed by atoms with Crippen LogP contribution in [0, 0.1) is 6.92 Å². The second kappa shape index (κ2) is 9.01. The summed E-state index contributed by atoms with van der Waals surface area (Å²) in [6.45, 7) is 4.03. The van der Waals surface area contributed by atoms with Gasteiger partial charge in [-0.15, -0.1) is 0 Å². The summed E-state index contributed by atoms with van der Waals surface area (Å²) >= 11 is 1.25. The largest absolute Gasteiger partial charge is 0.508 e. The number of phenols is 1. The fourth-order valence-corrected chi connectivity index (χ4v) is 3.21. The molecule has 0 aliphatic heterocycles. The number of hydrogen-bond acceptors (Lipinski definition) is 7. The van der Waals surface area contributed by atoms with Crippen LogP contribution in [0.15, 0.2) is 53.6 Å². The molecule has 0 spiro atoms. The van der Waals surface area contributed by atoms with Crippen LogP contribution in [-0.2, 0) is 4.74 Å². The second-order valence-electron chi connectivity index (χ2n) is 5.87. The Kier molecular flexibility index (Phi) is 6.23. The van der Waals surface area contributed by atoms with Crippen LogP contribution in [0.4, 0.5) is 14.9 Å². The lowest BCUT2D eigenvalue weighted by Gasteiger charge is -2.05. The lowest BCUT2D eigenvalue weighted by atomic mass is 10.1. The van der Waals surface area contributed by atoms with Crippen LogP contribution in [0.3, 0.4) is 0 Å². The van der Waals surface area contributed by atoms with E-state index in [1.165, 1.54) is 11.3 Å². The van der Waals surface area contributed by atoms with Crippen molar-refractivity contribution < 1.29 is 14.6 Å². The van der Waals surface area contributed by atoms with Gasteiger partial charge in [-0.1, -0.05) is 53.3 Å². The number of carbonyl (C=O) groups excluding carboxylic acids is 1. The van der Waals surface area contributed by atoms with Gasteiger partial charge in [-0.25, -0.2) is 9.78 Å². The highest BCUT2D eigenvalue weighted by atomic mass is 32.1. The topological polar surface area (TPSA) is 95.8 Å². The van der Waals surface area contributed by atoms with Crippen LogP contribution >= 0.6 is 11.3 Å². The molecule has 0 aliphatic carbocycles. The highest BCUT2D eigenvalue weighted by molar-refractivity contribution is 7.20. The van der Waals surface area contributed by atoms with E-state index in [9.17, 15) is 9.90 Å². The van der Waals surface area contributed by atoms with Crippen molar-refractivity contribution in [3.63, 3.8) is 0 Å². The van der Waals surface area contributed by atoms with E-state index in [0.717, 1.165) is 16.7 Å². The van der Waals surface area contributed by atoms with Gasteiger partial charge >= 0.3 is 6.09 Å². The second-order valence-corrected chi connectivity index (χ2v) is 6.87. The normalized spacial score (nSPS) is 10.8. The molecule has 0 unspecified atom stereocenters. The number of thiazole rings is 1. The van der Waals surface area contributed by atoms with Crippen molar-refractivity contribution >= 4 is 33.8 Å². The Labute approximate surface area is 166 Å². The minimum atomic E-state index is -0.533. The predicted molar refractivity (Wildman–Crippen MR) is 112 cm³/mol. The van der Waals surface area contributed by atoms with Gasteiger partial charge in [0.2, 0.25) is 5.13 Å². The maximum atomic E-state index is 11.9. The standard InChI is InChI=1S/C20H20N4O3S/c1-3-27-20(26)23-18-17(15-9-7-13(2)8-10-15)22-19(28-18)24-21-12-14-5-4-6-16(25)11-14/h4-12,25H,3H2,1-2H3,(H,22,24)(H,23,26). The Morgan fingerprint density at radius 1 is 1.29 bits per heavy atom. The van der Waals surface area contributed by atoms with E-state index in [4.69, 9.17) is 4.74 Å². The Hall–Kier alpha value is -3.39. The highest BCUT2D eigenvalue weighted by Gasteiger charge is 2.16. The molecule has 8 heteroatoms. The van der Waals surface area contributed by atoms with E-state index < -0.39 is 6.09 Å². The third-order valence-electron chi connectivity index (χ3n) is 3.69. The van der Waals surface area contributed by atoms with Gasteiger partial charge in [0.1, 0.15) is 16.4 Å². The van der Waals surface area contributed by atoms with E-state index in [1.807, 2.05) is 37.3 Å². The lowest BCUT2D eigenvalue weighted by molar-refractivity contribution is 0.168. The smallest absolute Gasteiger partial charge is 0.412 e. The minimum Gasteiger partial charge on any atom is -0.508 e. The fourth-order valence-electron chi connectivity index (χ4n) is 2.39. The highest BCUT2D eigenvalue weighted by Crippen LogP contribution is 2.36. The third-order valence-corrected chi connectivity index (χ3v) is 4.56. The molecule has 3 aromatic rings. The molecule has 0 bridgehead atoms. The van der Waals surface area contributed by atoms with Gasteiger partial charge in [-0.05, 0) is 31.5 Å². The van der Waals surface area contributed by atoms with E-state index in [-0.39, 0.29) is 12.4 Å². The molecule has 0 atom stereocenters. The predicted octanol–water partition coefficient (Wildman–Crippen LogP) is 4.84. The van der Waals surface area contributed by atoms with Crippen LogP contribution in [0.5, 0.6) is 5.75 Å². The molecule has 3 rings (SSSR count). The number of carbonyl (C=O) groups is 1. The quantitative estimate of drug-likeness (QED) is 0.409. The average Bonchev–Trinajstić information content (AvgIpc) is 3.05. The molecule has 2 aromatic carbocycles. The number of ether oxygens (including phenoxy) is 1. The van der Waals surface area contributed by atoms with Crippen molar-refractivity contribution in [1.82, 2.24) is 4.98 Å². The third kappa shape index (κ3) is 5.08. The monoisotopic (exact) mass is 396 g/mol. The summed E-state index contributed by atoms with van der Waals surface area (Å²) in [6, 6.07) is 14.6. The number of aromatic hydroxyl groups is 1. The Morgan fingerprint density at radius 3 is 2.79 bits per heavy atom. The summed E-state index contributed by atoms with van der Waals surface area (Å²) in [7, 11) is 0. The van der Waals surface area contributed by atoms with Gasteiger partial charge < -0.3 is 9.84 Å². The SMILES string of the molecule is CCOC(=O)Nc1sc(NN=Cc2cccc(O)c2)nc1-c1ccc(C)cc1. The van der Waals surface area contributed by atoms with Gasteiger partial charge in [-0.2, -0.15) is 5.10 Å². The van der Waals surface area contributed by atoms with Crippen molar-refractivity contribution in [3.8, 4) is 17.0 Å². The summed E-state index contributed by atoms with van der Waals surface area (Å²) in [5, 5.41) is 17.5. The molecule has 3 N–H and O–H groups in total. The molecule has 0 saturated heterocycles. The van der Waals surface area contributed by atoms with Crippen molar-refractivity contribution in [2.75, 3.05) is 17.3 Å². The van der Waals surface area contributed by atoms with Crippen molar-refractivity contribution in [3.05, 3.63) is 59.7 Å². The number of phenolic OH excluding ortho intramolecular Hbond substituents is 1.